The van der Waals surface area contributed by atoms with Gasteiger partial charge in [-0.15, -0.1) is 0 Å². The third-order valence-electron chi connectivity index (χ3n) is 2.65. The van der Waals surface area contributed by atoms with E-state index in [-0.39, 0.29) is 5.56 Å². The molecule has 0 saturated heterocycles. The molecule has 0 aliphatic carbocycles. The molecule has 0 unspecified atom stereocenters. The molecule has 2 heterocycles. The summed E-state index contributed by atoms with van der Waals surface area (Å²) >= 11 is 1.65. The fourth-order valence-corrected chi connectivity index (χ4v) is 2.31. The van der Waals surface area contributed by atoms with E-state index in [1.54, 1.807) is 17.5 Å². The second kappa shape index (κ2) is 7.06. The summed E-state index contributed by atoms with van der Waals surface area (Å²) in [5.41, 5.74) is 6.46. The van der Waals surface area contributed by atoms with Crippen molar-refractivity contribution < 1.29 is 4.74 Å². The molecule has 0 fully saturated rings. The molecule has 2 aromatic rings. The molecule has 2 aromatic heterocycles. The average Bonchev–Trinajstić information content (AvgIpc) is 2.91. The van der Waals surface area contributed by atoms with Gasteiger partial charge in [0, 0.05) is 12.6 Å². The molecule has 0 bridgehead atoms. The number of nitrogens with two attached hydrogens (primary N) is 1. The molecule has 0 radical (unpaired) electrons. The highest BCUT2D eigenvalue weighted by molar-refractivity contribution is 7.07. The van der Waals surface area contributed by atoms with E-state index in [1.165, 1.54) is 16.3 Å². The van der Waals surface area contributed by atoms with Gasteiger partial charge in [-0.2, -0.15) is 16.4 Å². The number of aryl methyl sites for hydroxylation is 2. The van der Waals surface area contributed by atoms with Gasteiger partial charge in [-0.25, -0.2) is 4.68 Å². The Morgan fingerprint density at radius 2 is 2.37 bits per heavy atom. The lowest BCUT2D eigenvalue weighted by atomic mass is 10.2. The van der Waals surface area contributed by atoms with Gasteiger partial charge < -0.3 is 10.5 Å². The highest BCUT2D eigenvalue weighted by Crippen LogP contribution is 2.08. The fourth-order valence-electron chi connectivity index (χ4n) is 1.61. The van der Waals surface area contributed by atoms with Gasteiger partial charge in [-0.3, -0.25) is 4.79 Å². The minimum Gasteiger partial charge on any atom is -0.492 e. The van der Waals surface area contributed by atoms with Gasteiger partial charge in [0.2, 0.25) is 0 Å². The first-order chi connectivity index (χ1) is 9.29. The maximum Gasteiger partial charge on any atom is 0.270 e. The zero-order chi connectivity index (χ0) is 13.5. The van der Waals surface area contributed by atoms with Crippen LogP contribution in [0.4, 0.5) is 0 Å². The van der Waals surface area contributed by atoms with Crippen molar-refractivity contribution in [1.29, 1.82) is 0 Å². The zero-order valence-electron chi connectivity index (χ0n) is 10.6. The van der Waals surface area contributed by atoms with Gasteiger partial charge in [-0.1, -0.05) is 0 Å². The molecule has 0 spiro atoms. The van der Waals surface area contributed by atoms with Crippen molar-refractivity contribution in [2.75, 3.05) is 13.2 Å². The van der Waals surface area contributed by atoms with Crippen LogP contribution in [0.1, 0.15) is 12.0 Å². The summed E-state index contributed by atoms with van der Waals surface area (Å²) in [6.45, 7) is 1.67. The van der Waals surface area contributed by atoms with Gasteiger partial charge in [-0.05, 0) is 41.8 Å². The SMILES string of the molecule is NCCCOc1cnn(CCc2ccsc2)c(=O)c1. The molecule has 0 saturated carbocycles. The van der Waals surface area contributed by atoms with Crippen LogP contribution in [-0.4, -0.2) is 22.9 Å². The number of thiophene rings is 1. The Bertz CT molecular complexity index is 551. The van der Waals surface area contributed by atoms with Gasteiger partial charge in [0.25, 0.3) is 5.56 Å². The van der Waals surface area contributed by atoms with E-state index in [0.29, 0.717) is 25.4 Å². The monoisotopic (exact) mass is 279 g/mol. The third kappa shape index (κ3) is 4.18. The van der Waals surface area contributed by atoms with Crippen LogP contribution in [0.5, 0.6) is 5.75 Å². The summed E-state index contributed by atoms with van der Waals surface area (Å²) < 4.78 is 6.83. The molecule has 2 N–H and O–H groups in total. The molecule has 2 rings (SSSR count). The van der Waals surface area contributed by atoms with Crippen LogP contribution in [0, 0.1) is 0 Å². The number of hydrogen-bond acceptors (Lipinski definition) is 5. The molecule has 5 nitrogen and oxygen atoms in total. The molecule has 0 aromatic carbocycles. The molecule has 0 atom stereocenters. The summed E-state index contributed by atoms with van der Waals surface area (Å²) in [5.74, 6) is 0.505. The lowest BCUT2D eigenvalue weighted by molar-refractivity contribution is 0.309. The lowest BCUT2D eigenvalue weighted by Gasteiger charge is -2.07. The zero-order valence-corrected chi connectivity index (χ0v) is 11.4. The Labute approximate surface area is 115 Å². The maximum atomic E-state index is 11.8. The minimum atomic E-state index is -0.138. The molecule has 0 aliphatic rings. The highest BCUT2D eigenvalue weighted by atomic mass is 32.1. The van der Waals surface area contributed by atoms with Gasteiger partial charge in [0.05, 0.1) is 12.8 Å². The number of nitrogens with zero attached hydrogens (tertiary/aromatic N) is 2. The summed E-state index contributed by atoms with van der Waals surface area (Å²) in [5, 5.41) is 8.21. The average molecular weight is 279 g/mol. The van der Waals surface area contributed by atoms with E-state index >= 15 is 0 Å². The maximum absolute atomic E-state index is 11.8. The molecule has 0 amide bonds. The first-order valence-electron chi connectivity index (χ1n) is 6.20. The van der Waals surface area contributed by atoms with Crippen molar-refractivity contribution in [3.63, 3.8) is 0 Å². The Kier molecular flexibility index (Phi) is 5.11. The lowest BCUT2D eigenvalue weighted by Crippen LogP contribution is -2.23. The predicted molar refractivity (Wildman–Crippen MR) is 75.7 cm³/mol. The van der Waals surface area contributed by atoms with E-state index in [0.717, 1.165) is 12.8 Å². The van der Waals surface area contributed by atoms with E-state index in [9.17, 15) is 4.79 Å². The smallest absolute Gasteiger partial charge is 0.270 e. The topological polar surface area (TPSA) is 70.1 Å². The Balaban J connectivity index is 1.93. The van der Waals surface area contributed by atoms with Crippen molar-refractivity contribution in [3.05, 3.63) is 45.0 Å². The Morgan fingerprint density at radius 3 is 3.05 bits per heavy atom. The van der Waals surface area contributed by atoms with E-state index in [2.05, 4.69) is 16.5 Å². The summed E-state index contributed by atoms with van der Waals surface area (Å²) in [6, 6.07) is 3.52. The van der Waals surface area contributed by atoms with Crippen molar-refractivity contribution in [2.45, 2.75) is 19.4 Å². The fraction of sp³-hybridized carbons (Fsp3) is 0.385. The summed E-state index contributed by atoms with van der Waals surface area (Å²) in [6.07, 6.45) is 3.15. The standard InChI is InChI=1S/C13H17N3O2S/c14-4-1-6-18-12-8-13(17)16(15-9-12)5-2-11-3-7-19-10-11/h3,7-10H,1-2,4-6,14H2. The van der Waals surface area contributed by atoms with Crippen molar-refractivity contribution in [2.24, 2.45) is 5.73 Å². The van der Waals surface area contributed by atoms with E-state index in [4.69, 9.17) is 10.5 Å². The molecule has 6 heteroatoms. The van der Waals surface area contributed by atoms with Crippen LogP contribution in [0.15, 0.2) is 33.9 Å². The molecule has 102 valence electrons. The number of hydrogen-bond donors (Lipinski definition) is 1. The first-order valence-corrected chi connectivity index (χ1v) is 7.15. The molecular formula is C13H17N3O2S. The normalized spacial score (nSPS) is 10.6. The van der Waals surface area contributed by atoms with Crippen LogP contribution in [0.3, 0.4) is 0 Å². The van der Waals surface area contributed by atoms with Crippen LogP contribution >= 0.6 is 11.3 Å². The Morgan fingerprint density at radius 1 is 1.47 bits per heavy atom. The minimum absolute atomic E-state index is 0.138. The van der Waals surface area contributed by atoms with Crippen LogP contribution in [0.2, 0.25) is 0 Å². The highest BCUT2D eigenvalue weighted by Gasteiger charge is 2.02. The number of aromatic nitrogens is 2. The predicted octanol–water partition coefficient (Wildman–Crippen LogP) is 1.28. The summed E-state index contributed by atoms with van der Waals surface area (Å²) in [7, 11) is 0. The second-order valence-corrected chi connectivity index (χ2v) is 4.90. The van der Waals surface area contributed by atoms with Crippen molar-refractivity contribution in [3.8, 4) is 5.75 Å². The van der Waals surface area contributed by atoms with E-state index in [1.807, 2.05) is 5.38 Å². The Hall–Kier alpha value is -1.66. The quantitative estimate of drug-likeness (QED) is 0.775. The first kappa shape index (κ1) is 13.8. The van der Waals surface area contributed by atoms with Crippen LogP contribution in [-0.2, 0) is 13.0 Å². The summed E-state index contributed by atoms with van der Waals surface area (Å²) in [4.78, 5) is 11.8. The van der Waals surface area contributed by atoms with E-state index < -0.39 is 0 Å². The second-order valence-electron chi connectivity index (χ2n) is 4.12. The van der Waals surface area contributed by atoms with Gasteiger partial charge in [0.1, 0.15) is 5.75 Å². The molecule has 0 aliphatic heterocycles. The largest absolute Gasteiger partial charge is 0.492 e. The van der Waals surface area contributed by atoms with Crippen LogP contribution in [0.25, 0.3) is 0 Å². The number of rotatable bonds is 7. The van der Waals surface area contributed by atoms with Gasteiger partial charge >= 0.3 is 0 Å². The number of ether oxygens (including phenoxy) is 1. The molecular weight excluding hydrogens is 262 g/mol. The van der Waals surface area contributed by atoms with Crippen molar-refractivity contribution >= 4 is 11.3 Å². The van der Waals surface area contributed by atoms with Crippen molar-refractivity contribution in [1.82, 2.24) is 9.78 Å². The van der Waals surface area contributed by atoms with Gasteiger partial charge in [0.15, 0.2) is 0 Å². The third-order valence-corrected chi connectivity index (χ3v) is 3.39. The van der Waals surface area contributed by atoms with Crippen LogP contribution < -0.4 is 16.0 Å². The molecule has 19 heavy (non-hydrogen) atoms.